The Kier molecular flexibility index (Phi) is 14.7. The number of hydrogen-bond acceptors (Lipinski definition) is 11. The first-order chi connectivity index (χ1) is 22.8. The Morgan fingerprint density at radius 1 is 0.898 bits per heavy atom. The highest BCUT2D eigenvalue weighted by atomic mass is 31.2. The zero-order chi connectivity index (χ0) is 36.7. The Labute approximate surface area is 289 Å². The molecule has 0 unspecified atom stereocenters. The zero-order valence-electron chi connectivity index (χ0n) is 30.0. The number of rotatable bonds is 17. The van der Waals surface area contributed by atoms with E-state index in [-0.39, 0.29) is 37.7 Å². The van der Waals surface area contributed by atoms with E-state index in [0.717, 1.165) is 0 Å². The molecule has 2 heterocycles. The molecule has 0 aliphatic carbocycles. The van der Waals surface area contributed by atoms with Crippen LogP contribution in [0.4, 0.5) is 20.6 Å². The predicted molar refractivity (Wildman–Crippen MR) is 185 cm³/mol. The van der Waals surface area contributed by atoms with Crippen LogP contribution in [-0.4, -0.2) is 98.0 Å². The van der Waals surface area contributed by atoms with Gasteiger partial charge in [-0.1, -0.05) is 0 Å². The fraction of sp³-hybridized carbons (Fsp3) is 0.719. The SMILES string of the molecule is CC(=O)NC[C@H]1CN(c2ccc(N3CCN(C(=O)CCC(P(=O)(OC(C)C)OC(C)C)P(=O)(OC(C)C)OC(C)C)CC3)c(F)c2)C(=O)O1. The van der Waals surface area contributed by atoms with Crippen LogP contribution in [0, 0.1) is 5.82 Å². The number of anilines is 2. The number of carbonyl (C=O) groups excluding carboxylic acids is 3. The van der Waals surface area contributed by atoms with Crippen LogP contribution < -0.4 is 15.1 Å². The van der Waals surface area contributed by atoms with Gasteiger partial charge in [-0.15, -0.1) is 0 Å². The zero-order valence-corrected chi connectivity index (χ0v) is 31.8. The van der Waals surface area contributed by atoms with Crippen molar-refractivity contribution in [2.24, 2.45) is 0 Å². The Morgan fingerprint density at radius 3 is 1.86 bits per heavy atom. The summed E-state index contributed by atoms with van der Waals surface area (Å²) in [6, 6.07) is 4.48. The first-order valence-electron chi connectivity index (χ1n) is 16.8. The third kappa shape index (κ3) is 11.5. The molecule has 0 saturated carbocycles. The maximum atomic E-state index is 15.4. The normalized spacial score (nSPS) is 17.7. The molecule has 0 aromatic heterocycles. The molecule has 278 valence electrons. The predicted octanol–water partition coefficient (Wildman–Crippen LogP) is 6.13. The first kappa shape index (κ1) is 40.9. The van der Waals surface area contributed by atoms with E-state index in [2.05, 4.69) is 5.32 Å². The number of hydrogen-bond donors (Lipinski definition) is 1. The number of carbonyl (C=O) groups is 3. The number of nitrogens with zero attached hydrogens (tertiary/aromatic N) is 3. The molecule has 1 aromatic rings. The lowest BCUT2D eigenvalue weighted by atomic mass is 10.2. The van der Waals surface area contributed by atoms with Crippen LogP contribution in [0.25, 0.3) is 0 Å². The topological polar surface area (TPSA) is 153 Å². The number of amides is 3. The first-order valence-corrected chi connectivity index (χ1v) is 20.0. The van der Waals surface area contributed by atoms with E-state index in [4.69, 9.17) is 22.8 Å². The average molecular weight is 735 g/mol. The molecule has 0 spiro atoms. The molecule has 17 heteroatoms. The van der Waals surface area contributed by atoms with Gasteiger partial charge in [0, 0.05) is 39.5 Å². The summed E-state index contributed by atoms with van der Waals surface area (Å²) >= 11 is 0. The van der Waals surface area contributed by atoms with E-state index < -0.39 is 63.0 Å². The minimum atomic E-state index is -4.14. The third-order valence-corrected chi connectivity index (χ3v) is 14.0. The van der Waals surface area contributed by atoms with Crippen LogP contribution in [0.5, 0.6) is 0 Å². The Balaban J connectivity index is 1.70. The Morgan fingerprint density at radius 2 is 1.41 bits per heavy atom. The van der Waals surface area contributed by atoms with Crippen LogP contribution in [-0.2, 0) is 41.6 Å². The highest BCUT2D eigenvalue weighted by Crippen LogP contribution is 2.73. The van der Waals surface area contributed by atoms with Gasteiger partial charge in [-0.25, -0.2) is 9.18 Å². The van der Waals surface area contributed by atoms with Gasteiger partial charge in [0.2, 0.25) is 11.8 Å². The van der Waals surface area contributed by atoms with Crippen molar-refractivity contribution in [2.45, 2.75) is 111 Å². The van der Waals surface area contributed by atoms with Gasteiger partial charge in [0.1, 0.15) is 11.9 Å². The van der Waals surface area contributed by atoms with Crippen LogP contribution in [0.2, 0.25) is 0 Å². The van der Waals surface area contributed by atoms with Crippen molar-refractivity contribution in [3.05, 3.63) is 24.0 Å². The standard InChI is InChI=1S/C32H53FN4O10P2/c1-21(2)44-48(41,45-22(3)4)31(49(42,46-23(5)6)47-24(7)8)13-12-30(39)36-16-14-35(15-17-36)29-11-10-26(18-28(29)33)37-20-27(43-32(37)40)19-34-25(9)38/h10-11,18,21-24,27,31H,12-17,19-20H2,1-9H3,(H,34,38)/t27-/m0/s1. The number of nitrogens with one attached hydrogen (secondary N) is 1. The number of halogens is 1. The summed E-state index contributed by atoms with van der Waals surface area (Å²) in [7, 11) is -8.28. The summed E-state index contributed by atoms with van der Waals surface area (Å²) in [5.41, 5.74) is 0.661. The van der Waals surface area contributed by atoms with Crippen LogP contribution in [0.15, 0.2) is 18.2 Å². The van der Waals surface area contributed by atoms with E-state index in [1.807, 2.05) is 4.90 Å². The third-order valence-electron chi connectivity index (χ3n) is 7.45. The second-order valence-electron chi connectivity index (χ2n) is 13.3. The lowest BCUT2D eigenvalue weighted by Crippen LogP contribution is -2.49. The second-order valence-corrected chi connectivity index (χ2v) is 17.9. The molecule has 1 N–H and O–H groups in total. The average Bonchev–Trinajstić information content (AvgIpc) is 3.34. The molecular formula is C32H53FN4O10P2. The van der Waals surface area contributed by atoms with Crippen LogP contribution in [0.3, 0.4) is 0 Å². The van der Waals surface area contributed by atoms with Gasteiger partial charge in [0.05, 0.1) is 48.9 Å². The maximum absolute atomic E-state index is 15.4. The molecule has 0 radical (unpaired) electrons. The van der Waals surface area contributed by atoms with Crippen LogP contribution >= 0.6 is 15.2 Å². The molecule has 2 saturated heterocycles. The van der Waals surface area contributed by atoms with Crippen molar-refractivity contribution < 1.29 is 50.7 Å². The maximum Gasteiger partial charge on any atom is 0.414 e. The van der Waals surface area contributed by atoms with E-state index in [1.165, 1.54) is 17.9 Å². The molecule has 3 amide bonds. The molecular weight excluding hydrogens is 681 g/mol. The van der Waals surface area contributed by atoms with Gasteiger partial charge in [-0.2, -0.15) is 0 Å². The van der Waals surface area contributed by atoms with Crippen LogP contribution in [0.1, 0.15) is 75.2 Å². The fourth-order valence-electron chi connectivity index (χ4n) is 5.62. The van der Waals surface area contributed by atoms with E-state index >= 15 is 4.39 Å². The minimum Gasteiger partial charge on any atom is -0.442 e. The molecule has 1 atom stereocenters. The van der Waals surface area contributed by atoms with Gasteiger partial charge < -0.3 is 37.9 Å². The number of ether oxygens (including phenoxy) is 1. The van der Waals surface area contributed by atoms with Crippen molar-refractivity contribution in [3.63, 3.8) is 0 Å². The summed E-state index contributed by atoms with van der Waals surface area (Å²) in [6.45, 7) is 16.5. The summed E-state index contributed by atoms with van der Waals surface area (Å²) in [5, 5.41) is 1.26. The fourth-order valence-corrected chi connectivity index (χ4v) is 11.6. The minimum absolute atomic E-state index is 0.123. The van der Waals surface area contributed by atoms with Crippen molar-refractivity contribution in [3.8, 4) is 0 Å². The quantitative estimate of drug-likeness (QED) is 0.184. The number of piperazine rings is 1. The summed E-state index contributed by atoms with van der Waals surface area (Å²) in [6.07, 6.45) is -3.56. The van der Waals surface area contributed by atoms with Gasteiger partial charge in [-0.3, -0.25) is 23.6 Å². The monoisotopic (exact) mass is 734 g/mol. The Bertz CT molecular complexity index is 1340. The number of benzene rings is 1. The van der Waals surface area contributed by atoms with Gasteiger partial charge >= 0.3 is 21.3 Å². The van der Waals surface area contributed by atoms with Crippen molar-refractivity contribution in [2.75, 3.05) is 49.1 Å². The largest absolute Gasteiger partial charge is 0.442 e. The highest BCUT2D eigenvalue weighted by Gasteiger charge is 2.53. The van der Waals surface area contributed by atoms with E-state index in [1.54, 1.807) is 72.4 Å². The van der Waals surface area contributed by atoms with Crippen molar-refractivity contribution >= 4 is 44.5 Å². The smallest absolute Gasteiger partial charge is 0.414 e. The molecule has 3 rings (SSSR count). The van der Waals surface area contributed by atoms with Gasteiger partial charge in [0.25, 0.3) is 0 Å². The molecule has 14 nitrogen and oxygen atoms in total. The van der Waals surface area contributed by atoms with Gasteiger partial charge in [0.15, 0.2) is 5.40 Å². The van der Waals surface area contributed by atoms with E-state index in [0.29, 0.717) is 37.6 Å². The molecule has 0 bridgehead atoms. The lowest BCUT2D eigenvalue weighted by Gasteiger charge is -2.37. The Hall–Kier alpha value is -2.54. The molecule has 1 aromatic carbocycles. The van der Waals surface area contributed by atoms with Crippen molar-refractivity contribution in [1.29, 1.82) is 0 Å². The van der Waals surface area contributed by atoms with Gasteiger partial charge in [-0.05, 0) is 80.0 Å². The second kappa shape index (κ2) is 17.6. The molecule has 2 aliphatic heterocycles. The molecule has 49 heavy (non-hydrogen) atoms. The molecule has 2 fully saturated rings. The number of cyclic esters (lactones) is 1. The summed E-state index contributed by atoms with van der Waals surface area (Å²) in [4.78, 5) is 41.9. The summed E-state index contributed by atoms with van der Waals surface area (Å²) < 4.78 is 72.7. The summed E-state index contributed by atoms with van der Waals surface area (Å²) in [5.74, 6) is -1.04. The molecule has 2 aliphatic rings. The van der Waals surface area contributed by atoms with E-state index in [9.17, 15) is 23.5 Å². The highest BCUT2D eigenvalue weighted by molar-refractivity contribution is 7.72. The lowest BCUT2D eigenvalue weighted by molar-refractivity contribution is -0.131. The van der Waals surface area contributed by atoms with Crippen molar-refractivity contribution in [1.82, 2.24) is 10.2 Å².